The molecule has 0 amide bonds. The minimum atomic E-state index is -0.00422. The number of carbonyl (C=O) groups excluding carboxylic acids is 1. The monoisotopic (exact) mass is 354 g/mol. The summed E-state index contributed by atoms with van der Waals surface area (Å²) >= 11 is 0. The van der Waals surface area contributed by atoms with Crippen LogP contribution in [-0.4, -0.2) is 19.5 Å². The Morgan fingerprint density at radius 1 is 0.846 bits per heavy atom. The maximum atomic E-state index is 10.8. The summed E-state index contributed by atoms with van der Waals surface area (Å²) in [6, 6.07) is 13.6. The third-order valence-electron chi connectivity index (χ3n) is 4.26. The zero-order valence-corrected chi connectivity index (χ0v) is 16.8. The van der Waals surface area contributed by atoms with E-state index in [1.54, 1.807) is 12.1 Å². The molecule has 0 aliphatic rings. The fourth-order valence-electron chi connectivity index (χ4n) is 2.70. The Hall–Kier alpha value is -2.29. The van der Waals surface area contributed by atoms with Crippen LogP contribution in [0, 0.1) is 0 Å². The fourth-order valence-corrected chi connectivity index (χ4v) is 2.70. The van der Waals surface area contributed by atoms with E-state index in [1.165, 1.54) is 11.1 Å². The molecule has 0 aromatic heterocycles. The van der Waals surface area contributed by atoms with Crippen molar-refractivity contribution in [1.29, 1.82) is 0 Å². The van der Waals surface area contributed by atoms with Gasteiger partial charge in [0.05, 0.1) is 0 Å². The summed E-state index contributed by atoms with van der Waals surface area (Å²) in [5.41, 5.74) is 3.21. The lowest BCUT2D eigenvalue weighted by Crippen LogP contribution is -2.19. The van der Waals surface area contributed by atoms with Crippen LogP contribution in [0.15, 0.2) is 42.5 Å². The molecule has 2 aromatic carbocycles. The van der Waals surface area contributed by atoms with Crippen LogP contribution in [0.25, 0.3) is 0 Å². The van der Waals surface area contributed by atoms with Gasteiger partial charge in [0.15, 0.2) is 0 Å². The minimum Gasteiger partial charge on any atom is -0.490 e. The fraction of sp³-hybridized carbons (Fsp3) is 0.435. The number of benzene rings is 2. The highest BCUT2D eigenvalue weighted by Gasteiger charge is 2.23. The molecule has 0 saturated heterocycles. The van der Waals surface area contributed by atoms with Crippen molar-refractivity contribution >= 4 is 6.29 Å². The van der Waals surface area contributed by atoms with Crippen molar-refractivity contribution in [3.63, 3.8) is 0 Å². The number of ether oxygens (including phenoxy) is 2. The molecule has 0 bridgehead atoms. The summed E-state index contributed by atoms with van der Waals surface area (Å²) in [6.45, 7) is 14.1. The molecule has 0 N–H and O–H groups in total. The molecular formula is C23H30O3. The second-order valence-corrected chi connectivity index (χ2v) is 8.60. The normalized spacial score (nSPS) is 11.9. The van der Waals surface area contributed by atoms with E-state index in [9.17, 15) is 4.79 Å². The van der Waals surface area contributed by atoms with Crippen molar-refractivity contribution in [3.8, 4) is 11.5 Å². The van der Waals surface area contributed by atoms with E-state index >= 15 is 0 Å². The number of aldehydes is 1. The molecule has 0 unspecified atom stereocenters. The molecule has 0 fully saturated rings. The second kappa shape index (κ2) is 7.94. The highest BCUT2D eigenvalue weighted by Crippen LogP contribution is 2.35. The Labute approximate surface area is 157 Å². The van der Waals surface area contributed by atoms with Gasteiger partial charge in [0, 0.05) is 5.56 Å². The van der Waals surface area contributed by atoms with Gasteiger partial charge in [0.2, 0.25) is 0 Å². The molecule has 26 heavy (non-hydrogen) atoms. The van der Waals surface area contributed by atoms with Crippen molar-refractivity contribution in [2.45, 2.75) is 52.4 Å². The summed E-state index contributed by atoms with van der Waals surface area (Å²) in [4.78, 5) is 10.8. The summed E-state index contributed by atoms with van der Waals surface area (Å²) < 4.78 is 11.7. The third-order valence-corrected chi connectivity index (χ3v) is 4.26. The Morgan fingerprint density at radius 2 is 1.54 bits per heavy atom. The molecular weight excluding hydrogens is 324 g/mol. The van der Waals surface area contributed by atoms with Gasteiger partial charge in [-0.25, -0.2) is 0 Å². The Balaban J connectivity index is 2.05. The molecule has 3 heteroatoms. The van der Waals surface area contributed by atoms with Gasteiger partial charge in [-0.2, -0.15) is 0 Å². The first-order valence-corrected chi connectivity index (χ1v) is 9.07. The molecule has 140 valence electrons. The highest BCUT2D eigenvalue weighted by molar-refractivity contribution is 5.75. The van der Waals surface area contributed by atoms with E-state index in [2.05, 4.69) is 59.7 Å². The Bertz CT molecular complexity index is 749. The summed E-state index contributed by atoms with van der Waals surface area (Å²) in [6.07, 6.45) is 0.815. The van der Waals surface area contributed by atoms with Gasteiger partial charge in [0.25, 0.3) is 0 Å². The van der Waals surface area contributed by atoms with Crippen molar-refractivity contribution in [1.82, 2.24) is 0 Å². The lowest BCUT2D eigenvalue weighted by Gasteiger charge is -2.27. The molecule has 0 atom stereocenters. The van der Waals surface area contributed by atoms with Gasteiger partial charge in [-0.1, -0.05) is 65.8 Å². The Kier molecular flexibility index (Phi) is 6.12. The first-order chi connectivity index (χ1) is 12.1. The molecule has 0 spiro atoms. The van der Waals surface area contributed by atoms with Crippen molar-refractivity contribution in [3.05, 3.63) is 59.2 Å². The molecule has 0 radical (unpaired) electrons. The number of carbonyl (C=O) groups is 1. The predicted octanol–water partition coefficient (Wildman–Crippen LogP) is 5.55. The molecule has 0 heterocycles. The second-order valence-electron chi connectivity index (χ2n) is 8.60. The van der Waals surface area contributed by atoms with Crippen LogP contribution in [0.2, 0.25) is 0 Å². The minimum absolute atomic E-state index is 0.00422. The van der Waals surface area contributed by atoms with Crippen LogP contribution in [0.5, 0.6) is 11.5 Å². The van der Waals surface area contributed by atoms with E-state index in [0.717, 1.165) is 12.0 Å². The van der Waals surface area contributed by atoms with Crippen molar-refractivity contribution in [2.75, 3.05) is 13.2 Å². The smallest absolute Gasteiger partial charge is 0.150 e. The number of hydrogen-bond donors (Lipinski definition) is 0. The quantitative estimate of drug-likeness (QED) is 0.504. The van der Waals surface area contributed by atoms with Crippen LogP contribution in [0.3, 0.4) is 0 Å². The molecule has 3 nitrogen and oxygen atoms in total. The van der Waals surface area contributed by atoms with Gasteiger partial charge >= 0.3 is 0 Å². The number of rotatable bonds is 6. The van der Waals surface area contributed by atoms with E-state index < -0.39 is 0 Å². The van der Waals surface area contributed by atoms with Gasteiger partial charge in [0.1, 0.15) is 31.0 Å². The van der Waals surface area contributed by atoms with Crippen LogP contribution in [-0.2, 0) is 10.8 Å². The van der Waals surface area contributed by atoms with E-state index in [1.807, 2.05) is 12.1 Å². The van der Waals surface area contributed by atoms with Gasteiger partial charge in [-0.05, 0) is 40.2 Å². The highest BCUT2D eigenvalue weighted by atomic mass is 16.5. The zero-order chi connectivity index (χ0) is 19.4. The summed E-state index contributed by atoms with van der Waals surface area (Å²) in [5, 5.41) is 0. The zero-order valence-electron chi connectivity index (χ0n) is 16.8. The number of hydrogen-bond acceptors (Lipinski definition) is 3. The standard InChI is InChI=1S/C23H30O3/c1-22(2,3)18-10-11-21(20(15-18)23(4,5)6)26-13-12-25-19-9-7-8-17(14-19)16-24/h7-11,14-16H,12-13H2,1-6H3. The van der Waals surface area contributed by atoms with Crippen LogP contribution < -0.4 is 9.47 Å². The van der Waals surface area contributed by atoms with Crippen LogP contribution in [0.1, 0.15) is 63.0 Å². The maximum Gasteiger partial charge on any atom is 0.150 e. The largest absolute Gasteiger partial charge is 0.490 e. The van der Waals surface area contributed by atoms with E-state index in [0.29, 0.717) is 24.5 Å². The molecule has 2 rings (SSSR count). The van der Waals surface area contributed by atoms with Crippen LogP contribution in [0.4, 0.5) is 0 Å². The van der Waals surface area contributed by atoms with Gasteiger partial charge in [-0.3, -0.25) is 4.79 Å². The topological polar surface area (TPSA) is 35.5 Å². The van der Waals surface area contributed by atoms with E-state index in [-0.39, 0.29) is 10.8 Å². The van der Waals surface area contributed by atoms with Gasteiger partial charge in [-0.15, -0.1) is 0 Å². The molecule has 0 aliphatic heterocycles. The van der Waals surface area contributed by atoms with Crippen molar-refractivity contribution in [2.24, 2.45) is 0 Å². The third kappa shape index (κ3) is 5.35. The molecule has 2 aromatic rings. The lowest BCUT2D eigenvalue weighted by atomic mass is 9.80. The average Bonchev–Trinajstić information content (AvgIpc) is 2.57. The molecule has 0 aliphatic carbocycles. The SMILES string of the molecule is CC(C)(C)c1ccc(OCCOc2cccc(C=O)c2)c(C(C)(C)C)c1. The summed E-state index contributed by atoms with van der Waals surface area (Å²) in [7, 11) is 0. The Morgan fingerprint density at radius 3 is 2.15 bits per heavy atom. The first-order valence-electron chi connectivity index (χ1n) is 9.07. The first kappa shape index (κ1) is 20.0. The van der Waals surface area contributed by atoms with Crippen molar-refractivity contribution < 1.29 is 14.3 Å². The van der Waals surface area contributed by atoms with Crippen LogP contribution >= 0.6 is 0 Å². The maximum absolute atomic E-state index is 10.8. The summed E-state index contributed by atoms with van der Waals surface area (Å²) in [5.74, 6) is 1.58. The average molecular weight is 354 g/mol. The molecule has 0 saturated carbocycles. The predicted molar refractivity (Wildman–Crippen MR) is 107 cm³/mol. The van der Waals surface area contributed by atoms with Gasteiger partial charge < -0.3 is 9.47 Å². The van der Waals surface area contributed by atoms with E-state index in [4.69, 9.17) is 9.47 Å². The lowest BCUT2D eigenvalue weighted by molar-refractivity contribution is 0.112.